The number of amides is 2. The van der Waals surface area contributed by atoms with Gasteiger partial charge >= 0.3 is 12.1 Å². The van der Waals surface area contributed by atoms with Gasteiger partial charge in [0, 0.05) is 25.9 Å². The molecule has 0 unspecified atom stereocenters. The lowest BCUT2D eigenvalue weighted by Crippen LogP contribution is -2.68. The Labute approximate surface area is 152 Å². The van der Waals surface area contributed by atoms with Crippen LogP contribution in [0.25, 0.3) is 0 Å². The van der Waals surface area contributed by atoms with Gasteiger partial charge in [0.25, 0.3) is 0 Å². The average Bonchev–Trinajstić information content (AvgIpc) is 2.52. The van der Waals surface area contributed by atoms with Crippen molar-refractivity contribution in [1.82, 2.24) is 15.7 Å². The van der Waals surface area contributed by atoms with Gasteiger partial charge in [-0.2, -0.15) is 0 Å². The highest BCUT2D eigenvalue weighted by molar-refractivity contribution is 6.09. The Bertz CT molecular complexity index is 565. The number of hydrogen-bond acceptors (Lipinski definition) is 8. The van der Waals surface area contributed by atoms with Gasteiger partial charge in [0.05, 0.1) is 12.6 Å². The lowest BCUT2D eigenvalue weighted by Gasteiger charge is -2.45. The van der Waals surface area contributed by atoms with Crippen molar-refractivity contribution in [3.05, 3.63) is 0 Å². The summed E-state index contributed by atoms with van der Waals surface area (Å²) in [7, 11) is 1.12. The molecule has 0 spiro atoms. The molecule has 10 nitrogen and oxygen atoms in total. The Morgan fingerprint density at radius 2 is 1.81 bits per heavy atom. The van der Waals surface area contributed by atoms with Crippen LogP contribution in [0.2, 0.25) is 0 Å². The fourth-order valence-electron chi connectivity index (χ4n) is 2.72. The summed E-state index contributed by atoms with van der Waals surface area (Å²) in [6.45, 7) is 6.25. The van der Waals surface area contributed by atoms with Crippen LogP contribution in [-0.2, 0) is 23.9 Å². The summed E-state index contributed by atoms with van der Waals surface area (Å²) in [5.41, 5.74) is -0.0601. The van der Waals surface area contributed by atoms with Gasteiger partial charge in [-0.25, -0.2) is 15.1 Å². The van der Waals surface area contributed by atoms with Crippen molar-refractivity contribution in [2.24, 2.45) is 0 Å². The minimum Gasteiger partial charge on any atom is -0.467 e. The smallest absolute Gasteiger partial charge is 0.407 e. The van der Waals surface area contributed by atoms with Crippen molar-refractivity contribution in [3.63, 3.8) is 0 Å². The number of methoxy groups -OCH3 is 1. The molecule has 0 radical (unpaired) electrons. The molecule has 1 heterocycles. The molecule has 1 saturated heterocycles. The third-order valence-corrected chi connectivity index (χ3v) is 3.90. The van der Waals surface area contributed by atoms with Gasteiger partial charge in [-0.15, -0.1) is 0 Å². The Hall–Kier alpha value is -2.20. The molecule has 1 aliphatic heterocycles. The molecule has 3 N–H and O–H groups in total. The first-order chi connectivity index (χ1) is 11.9. The number of likely N-dealkylation sites (tertiary alicyclic amines) is 1. The van der Waals surface area contributed by atoms with Crippen LogP contribution in [0.3, 0.4) is 0 Å². The lowest BCUT2D eigenvalue weighted by molar-refractivity contribution is -0.166. The highest BCUT2D eigenvalue weighted by atomic mass is 16.6. The summed E-state index contributed by atoms with van der Waals surface area (Å²) in [6, 6.07) is -1.43. The second-order valence-corrected chi connectivity index (χ2v) is 7.34. The molecule has 10 heteroatoms. The number of piperidine rings is 1. The molecule has 1 fully saturated rings. The number of rotatable bonds is 6. The first-order valence-electron chi connectivity index (χ1n) is 8.21. The molecule has 2 atom stereocenters. The standard InChI is InChI=1S/C16H27N3O7/c1-15(2,3)26-14(23)17-8-16(4,9-18-24)19-11(21)7-6-10(20)12(19)13(22)25-5/h12,18,24H,6-9H2,1-5H3,(H,17,23)/t12-,16+/m0/s1. The van der Waals surface area contributed by atoms with E-state index in [1.807, 2.05) is 5.48 Å². The Kier molecular flexibility index (Phi) is 7.10. The predicted molar refractivity (Wildman–Crippen MR) is 89.3 cm³/mol. The van der Waals surface area contributed by atoms with Crippen molar-refractivity contribution in [2.75, 3.05) is 20.2 Å². The fourth-order valence-corrected chi connectivity index (χ4v) is 2.72. The normalized spacial score (nSPS) is 20.4. The van der Waals surface area contributed by atoms with Gasteiger partial charge < -0.3 is 24.9 Å². The van der Waals surface area contributed by atoms with Crippen LogP contribution >= 0.6 is 0 Å². The topological polar surface area (TPSA) is 134 Å². The van der Waals surface area contributed by atoms with Gasteiger partial charge in [-0.05, 0) is 27.7 Å². The van der Waals surface area contributed by atoms with Crippen LogP contribution in [0, 0.1) is 0 Å². The SMILES string of the molecule is COC(=O)[C@@H]1C(=O)CCC(=O)N1[C@@](C)(CNO)CNC(=O)OC(C)(C)C. The third kappa shape index (κ3) is 5.40. The maximum Gasteiger partial charge on any atom is 0.407 e. The molecule has 0 aliphatic carbocycles. The number of hydroxylamine groups is 1. The summed E-state index contributed by atoms with van der Waals surface area (Å²) in [6.07, 6.45) is -0.871. The van der Waals surface area contributed by atoms with E-state index in [1.54, 1.807) is 20.8 Å². The summed E-state index contributed by atoms with van der Waals surface area (Å²) in [5.74, 6) is -1.79. The number of nitrogens with zero attached hydrogens (tertiary/aromatic N) is 1. The number of ether oxygens (including phenoxy) is 2. The second-order valence-electron chi connectivity index (χ2n) is 7.34. The van der Waals surface area contributed by atoms with Crippen molar-refractivity contribution < 1.29 is 33.9 Å². The molecular formula is C16H27N3O7. The molecule has 1 aliphatic rings. The van der Waals surface area contributed by atoms with Gasteiger partial charge in [-0.1, -0.05) is 0 Å². The summed E-state index contributed by atoms with van der Waals surface area (Å²) < 4.78 is 9.80. The molecular weight excluding hydrogens is 346 g/mol. The third-order valence-electron chi connectivity index (χ3n) is 3.90. The number of Topliss-reactive ketones (excluding diaryl/α,β-unsaturated/α-hetero) is 1. The van der Waals surface area contributed by atoms with Crippen molar-refractivity contribution in [3.8, 4) is 0 Å². The minimum absolute atomic E-state index is 0.0697. The molecule has 0 aromatic carbocycles. The van der Waals surface area contributed by atoms with E-state index in [4.69, 9.17) is 4.74 Å². The van der Waals surface area contributed by atoms with E-state index in [2.05, 4.69) is 10.1 Å². The molecule has 0 aromatic heterocycles. The second kappa shape index (κ2) is 8.45. The quantitative estimate of drug-likeness (QED) is 0.336. The van der Waals surface area contributed by atoms with Crippen LogP contribution in [0.4, 0.5) is 4.79 Å². The maximum atomic E-state index is 12.5. The minimum atomic E-state index is -1.43. The van der Waals surface area contributed by atoms with Crippen molar-refractivity contribution >= 4 is 23.8 Å². The van der Waals surface area contributed by atoms with Crippen LogP contribution in [0.1, 0.15) is 40.5 Å². The van der Waals surface area contributed by atoms with Gasteiger partial charge in [-0.3, -0.25) is 9.59 Å². The number of esters is 1. The first-order valence-corrected chi connectivity index (χ1v) is 8.21. The zero-order chi connectivity index (χ0) is 20.1. The number of ketones is 1. The highest BCUT2D eigenvalue weighted by Gasteiger charge is 2.49. The first kappa shape index (κ1) is 21.8. The van der Waals surface area contributed by atoms with E-state index in [1.165, 1.54) is 6.92 Å². The highest BCUT2D eigenvalue weighted by Crippen LogP contribution is 2.26. The number of carbonyl (C=O) groups excluding carboxylic acids is 4. The molecule has 2 amide bonds. The van der Waals surface area contributed by atoms with E-state index in [0.29, 0.717) is 0 Å². The van der Waals surface area contributed by atoms with E-state index >= 15 is 0 Å². The number of nitrogens with one attached hydrogen (secondary N) is 2. The Morgan fingerprint density at radius 3 is 2.31 bits per heavy atom. The average molecular weight is 373 g/mol. The molecule has 26 heavy (non-hydrogen) atoms. The molecule has 1 rings (SSSR count). The van der Waals surface area contributed by atoms with Crippen LogP contribution in [-0.4, -0.2) is 71.2 Å². The van der Waals surface area contributed by atoms with Gasteiger partial charge in [0.15, 0.2) is 11.8 Å². The lowest BCUT2D eigenvalue weighted by atomic mass is 9.90. The Balaban J connectivity index is 3.09. The Morgan fingerprint density at radius 1 is 1.19 bits per heavy atom. The van der Waals surface area contributed by atoms with E-state index in [0.717, 1.165) is 12.0 Å². The summed E-state index contributed by atoms with van der Waals surface area (Å²) in [5, 5.41) is 11.7. The van der Waals surface area contributed by atoms with Crippen LogP contribution in [0.15, 0.2) is 0 Å². The predicted octanol–water partition coefficient (Wildman–Crippen LogP) is -0.0183. The monoisotopic (exact) mass is 373 g/mol. The van der Waals surface area contributed by atoms with Gasteiger partial charge in [0.1, 0.15) is 5.60 Å². The maximum absolute atomic E-state index is 12.5. The van der Waals surface area contributed by atoms with E-state index in [9.17, 15) is 24.4 Å². The van der Waals surface area contributed by atoms with Crippen molar-refractivity contribution in [1.29, 1.82) is 0 Å². The molecule has 148 valence electrons. The van der Waals surface area contributed by atoms with E-state index < -0.39 is 40.9 Å². The molecule has 0 bridgehead atoms. The largest absolute Gasteiger partial charge is 0.467 e. The zero-order valence-electron chi connectivity index (χ0n) is 15.7. The van der Waals surface area contributed by atoms with Crippen molar-refractivity contribution in [2.45, 2.75) is 57.7 Å². The zero-order valence-corrected chi connectivity index (χ0v) is 15.7. The molecule has 0 saturated carbocycles. The summed E-state index contributed by atoms with van der Waals surface area (Å²) >= 11 is 0. The number of hydrogen-bond donors (Lipinski definition) is 3. The van der Waals surface area contributed by atoms with Crippen LogP contribution < -0.4 is 10.8 Å². The van der Waals surface area contributed by atoms with Gasteiger partial charge in [0.2, 0.25) is 5.91 Å². The van der Waals surface area contributed by atoms with Crippen LogP contribution in [0.5, 0.6) is 0 Å². The fraction of sp³-hybridized carbons (Fsp3) is 0.750. The number of carbonyl (C=O) groups is 4. The number of alkyl carbamates (subject to hydrolysis) is 1. The summed E-state index contributed by atoms with van der Waals surface area (Å²) in [4.78, 5) is 49.8. The molecule has 0 aromatic rings. The van der Waals surface area contributed by atoms with E-state index in [-0.39, 0.29) is 25.9 Å².